The highest BCUT2D eigenvalue weighted by Gasteiger charge is 2.17. The summed E-state index contributed by atoms with van der Waals surface area (Å²) < 4.78 is 41.0. The number of hydrogen-bond donors (Lipinski definition) is 2. The van der Waals surface area contributed by atoms with E-state index in [0.29, 0.717) is 4.47 Å². The molecule has 2 aromatic carbocycles. The molecule has 2 rings (SSSR count). The molecule has 0 bridgehead atoms. The molecular formula is C14H14BrFN2O2S. The third kappa shape index (κ3) is 3.81. The molecule has 112 valence electrons. The summed E-state index contributed by atoms with van der Waals surface area (Å²) in [6, 6.07) is 9.01. The van der Waals surface area contributed by atoms with Gasteiger partial charge in [-0.15, -0.1) is 0 Å². The van der Waals surface area contributed by atoms with Gasteiger partial charge in [-0.25, -0.2) is 17.5 Å². The van der Waals surface area contributed by atoms with Crippen molar-refractivity contribution in [2.45, 2.75) is 18.4 Å². The largest absolute Gasteiger partial charge is 0.398 e. The standard InChI is InChI=1S/C14H14BrFN2O2S/c1-9-2-5-14(13(17)6-9)21(19,20)18-8-10-7-11(15)3-4-12(10)16/h2-7,18H,8,17H2,1H3. The van der Waals surface area contributed by atoms with E-state index in [2.05, 4.69) is 20.7 Å². The Hall–Kier alpha value is -1.44. The molecule has 2 aromatic rings. The van der Waals surface area contributed by atoms with Gasteiger partial charge in [0.15, 0.2) is 0 Å². The molecule has 4 nitrogen and oxygen atoms in total. The molecule has 7 heteroatoms. The first kappa shape index (κ1) is 15.9. The number of aryl methyl sites for hydroxylation is 1. The van der Waals surface area contributed by atoms with Crippen molar-refractivity contribution in [2.24, 2.45) is 0 Å². The second-order valence-electron chi connectivity index (χ2n) is 4.60. The average molecular weight is 373 g/mol. The third-order valence-corrected chi connectivity index (χ3v) is 4.88. The molecule has 0 saturated heterocycles. The molecule has 21 heavy (non-hydrogen) atoms. The summed E-state index contributed by atoms with van der Waals surface area (Å²) in [6.45, 7) is 1.66. The van der Waals surface area contributed by atoms with Crippen LogP contribution in [-0.4, -0.2) is 8.42 Å². The zero-order valence-corrected chi connectivity index (χ0v) is 13.6. The number of rotatable bonds is 4. The summed E-state index contributed by atoms with van der Waals surface area (Å²) in [6.07, 6.45) is 0. The van der Waals surface area contributed by atoms with Crippen LogP contribution in [0.25, 0.3) is 0 Å². The maximum absolute atomic E-state index is 13.6. The number of benzene rings is 2. The van der Waals surface area contributed by atoms with Gasteiger partial charge in [0.05, 0.1) is 5.69 Å². The molecule has 0 aliphatic carbocycles. The lowest BCUT2D eigenvalue weighted by Gasteiger charge is -2.10. The van der Waals surface area contributed by atoms with Crippen LogP contribution in [0.2, 0.25) is 0 Å². The minimum absolute atomic E-state index is 0.0106. The number of nitrogen functional groups attached to an aromatic ring is 1. The smallest absolute Gasteiger partial charge is 0.242 e. The van der Waals surface area contributed by atoms with Gasteiger partial charge in [-0.2, -0.15) is 0 Å². The van der Waals surface area contributed by atoms with Gasteiger partial charge in [0.2, 0.25) is 10.0 Å². The minimum atomic E-state index is -3.79. The van der Waals surface area contributed by atoms with Crippen LogP contribution in [0.4, 0.5) is 10.1 Å². The first-order chi connectivity index (χ1) is 9.79. The van der Waals surface area contributed by atoms with Gasteiger partial charge in [0, 0.05) is 16.6 Å². The van der Waals surface area contributed by atoms with Crippen molar-refractivity contribution in [1.82, 2.24) is 4.72 Å². The average Bonchev–Trinajstić information content (AvgIpc) is 2.39. The lowest BCUT2D eigenvalue weighted by molar-refractivity contribution is 0.574. The summed E-state index contributed by atoms with van der Waals surface area (Å²) in [7, 11) is -3.79. The van der Waals surface area contributed by atoms with Gasteiger partial charge in [-0.1, -0.05) is 22.0 Å². The Balaban J connectivity index is 2.24. The minimum Gasteiger partial charge on any atom is -0.398 e. The Labute approximate surface area is 131 Å². The van der Waals surface area contributed by atoms with Crippen molar-refractivity contribution in [1.29, 1.82) is 0 Å². The predicted molar refractivity (Wildman–Crippen MR) is 83.7 cm³/mol. The topological polar surface area (TPSA) is 72.2 Å². The number of sulfonamides is 1. The summed E-state index contributed by atoms with van der Waals surface area (Å²) in [5.41, 5.74) is 7.01. The molecule has 0 atom stereocenters. The molecule has 0 fully saturated rings. The fourth-order valence-corrected chi connectivity index (χ4v) is 3.37. The van der Waals surface area contributed by atoms with Crippen molar-refractivity contribution in [3.8, 4) is 0 Å². The Morgan fingerprint density at radius 1 is 1.24 bits per heavy atom. The SMILES string of the molecule is Cc1ccc(S(=O)(=O)NCc2cc(Br)ccc2F)c(N)c1. The van der Waals surface area contributed by atoms with Crippen molar-refractivity contribution in [3.05, 3.63) is 57.8 Å². The van der Waals surface area contributed by atoms with E-state index in [1.807, 2.05) is 6.92 Å². The van der Waals surface area contributed by atoms with Crippen LogP contribution in [0.15, 0.2) is 45.8 Å². The van der Waals surface area contributed by atoms with Crippen molar-refractivity contribution in [2.75, 3.05) is 5.73 Å². The predicted octanol–water partition coefficient (Wildman–Crippen LogP) is 2.96. The molecule has 0 saturated carbocycles. The van der Waals surface area contributed by atoms with Crippen LogP contribution in [0.3, 0.4) is 0 Å². The molecular weight excluding hydrogens is 359 g/mol. The number of anilines is 1. The lowest BCUT2D eigenvalue weighted by atomic mass is 10.2. The normalized spacial score (nSPS) is 11.6. The van der Waals surface area contributed by atoms with Gasteiger partial charge >= 0.3 is 0 Å². The van der Waals surface area contributed by atoms with Crippen LogP contribution in [0.5, 0.6) is 0 Å². The second kappa shape index (κ2) is 6.13. The number of halogens is 2. The van der Waals surface area contributed by atoms with E-state index in [-0.39, 0.29) is 22.7 Å². The van der Waals surface area contributed by atoms with Crippen LogP contribution >= 0.6 is 15.9 Å². The third-order valence-electron chi connectivity index (χ3n) is 2.92. The second-order valence-corrected chi connectivity index (χ2v) is 7.25. The fraction of sp³-hybridized carbons (Fsp3) is 0.143. The molecule has 0 radical (unpaired) electrons. The molecule has 0 heterocycles. The molecule has 3 N–H and O–H groups in total. The Morgan fingerprint density at radius 3 is 2.62 bits per heavy atom. The monoisotopic (exact) mass is 372 g/mol. The van der Waals surface area contributed by atoms with Gasteiger partial charge in [0.25, 0.3) is 0 Å². The van der Waals surface area contributed by atoms with Crippen LogP contribution < -0.4 is 10.5 Å². The van der Waals surface area contributed by atoms with E-state index >= 15 is 0 Å². The molecule has 0 unspecified atom stereocenters. The first-order valence-corrected chi connectivity index (χ1v) is 8.37. The Morgan fingerprint density at radius 2 is 1.95 bits per heavy atom. The first-order valence-electron chi connectivity index (χ1n) is 6.09. The van der Waals surface area contributed by atoms with Crippen molar-refractivity contribution < 1.29 is 12.8 Å². The number of nitrogens with one attached hydrogen (secondary N) is 1. The van der Waals surface area contributed by atoms with Gasteiger partial charge in [-0.05, 0) is 42.8 Å². The highest BCUT2D eigenvalue weighted by Crippen LogP contribution is 2.20. The Bertz CT molecular complexity index is 779. The lowest BCUT2D eigenvalue weighted by Crippen LogP contribution is -2.24. The zero-order chi connectivity index (χ0) is 15.6. The number of hydrogen-bond acceptors (Lipinski definition) is 3. The fourth-order valence-electron chi connectivity index (χ4n) is 1.84. The van der Waals surface area contributed by atoms with E-state index in [1.54, 1.807) is 18.2 Å². The maximum atomic E-state index is 13.6. The summed E-state index contributed by atoms with van der Waals surface area (Å²) in [4.78, 5) is -0.0106. The molecule has 0 aliphatic heterocycles. The quantitative estimate of drug-likeness (QED) is 0.810. The van der Waals surface area contributed by atoms with Gasteiger partial charge in [-0.3, -0.25) is 0 Å². The van der Waals surface area contributed by atoms with Gasteiger partial charge < -0.3 is 5.73 Å². The van der Waals surface area contributed by atoms with E-state index in [9.17, 15) is 12.8 Å². The highest BCUT2D eigenvalue weighted by atomic mass is 79.9. The highest BCUT2D eigenvalue weighted by molar-refractivity contribution is 9.10. The Kier molecular flexibility index (Phi) is 4.65. The molecule has 0 aliphatic rings. The van der Waals surface area contributed by atoms with E-state index in [1.165, 1.54) is 18.2 Å². The van der Waals surface area contributed by atoms with E-state index in [4.69, 9.17) is 5.73 Å². The van der Waals surface area contributed by atoms with Crippen LogP contribution in [-0.2, 0) is 16.6 Å². The van der Waals surface area contributed by atoms with Crippen LogP contribution in [0.1, 0.15) is 11.1 Å². The zero-order valence-electron chi connectivity index (χ0n) is 11.2. The van der Waals surface area contributed by atoms with E-state index in [0.717, 1.165) is 5.56 Å². The summed E-state index contributed by atoms with van der Waals surface area (Å²) in [5.74, 6) is -0.474. The van der Waals surface area contributed by atoms with Crippen LogP contribution in [0, 0.1) is 12.7 Å². The summed E-state index contributed by atoms with van der Waals surface area (Å²) >= 11 is 3.22. The van der Waals surface area contributed by atoms with Gasteiger partial charge in [0.1, 0.15) is 10.7 Å². The van der Waals surface area contributed by atoms with E-state index < -0.39 is 15.8 Å². The number of nitrogens with two attached hydrogens (primary N) is 1. The molecule has 0 aromatic heterocycles. The van der Waals surface area contributed by atoms with Crippen molar-refractivity contribution >= 4 is 31.6 Å². The summed E-state index contributed by atoms with van der Waals surface area (Å²) in [5, 5.41) is 0. The van der Waals surface area contributed by atoms with Crippen molar-refractivity contribution in [3.63, 3.8) is 0 Å². The maximum Gasteiger partial charge on any atom is 0.242 e. The molecule has 0 amide bonds. The molecule has 0 spiro atoms.